The van der Waals surface area contributed by atoms with Gasteiger partial charge in [-0.25, -0.2) is 0 Å². The third kappa shape index (κ3) is 2.12. The quantitative estimate of drug-likeness (QED) is 0.823. The Balaban J connectivity index is 2.54. The number of para-hydroxylation sites is 1. The van der Waals surface area contributed by atoms with Crippen molar-refractivity contribution < 1.29 is 14.6 Å². The lowest BCUT2D eigenvalue weighted by Crippen LogP contribution is -2.44. The van der Waals surface area contributed by atoms with Crippen LogP contribution in [0, 0.1) is 0 Å². The molecule has 0 radical (unpaired) electrons. The molecule has 1 aromatic rings. The summed E-state index contributed by atoms with van der Waals surface area (Å²) < 4.78 is 6.19. The van der Waals surface area contributed by atoms with E-state index in [1.807, 2.05) is 19.1 Å². The zero-order chi connectivity index (χ0) is 13.3. The monoisotopic (exact) mass is 313 g/mol. The van der Waals surface area contributed by atoms with Gasteiger partial charge in [0.15, 0.2) is 0 Å². The summed E-state index contributed by atoms with van der Waals surface area (Å²) in [5, 5.41) is 9.65. The molecule has 18 heavy (non-hydrogen) atoms. The van der Waals surface area contributed by atoms with E-state index in [9.17, 15) is 9.90 Å². The molecule has 2 unspecified atom stereocenters. The van der Waals surface area contributed by atoms with E-state index in [1.54, 1.807) is 6.07 Å². The van der Waals surface area contributed by atoms with E-state index in [2.05, 4.69) is 15.9 Å². The smallest absolute Gasteiger partial charge is 0.314 e. The van der Waals surface area contributed by atoms with E-state index >= 15 is 0 Å². The second-order valence-electron chi connectivity index (χ2n) is 4.72. The van der Waals surface area contributed by atoms with Crippen LogP contribution in [0.1, 0.15) is 25.3 Å². The van der Waals surface area contributed by atoms with Gasteiger partial charge in [-0.3, -0.25) is 4.79 Å². The Hall–Kier alpha value is -1.07. The summed E-state index contributed by atoms with van der Waals surface area (Å²) in [6.07, 6.45) is 0.823. The molecule has 1 fully saturated rings. The number of aliphatic carboxylic acids is 1. The van der Waals surface area contributed by atoms with E-state index in [0.29, 0.717) is 30.7 Å². The topological polar surface area (TPSA) is 72.5 Å². The maximum atomic E-state index is 11.8. The molecule has 0 aliphatic carbocycles. The van der Waals surface area contributed by atoms with Crippen molar-refractivity contribution in [1.82, 2.24) is 0 Å². The molecule has 1 aliphatic rings. The maximum absolute atomic E-state index is 11.8. The highest BCUT2D eigenvalue weighted by atomic mass is 79.9. The highest BCUT2D eigenvalue weighted by molar-refractivity contribution is 9.10. The first kappa shape index (κ1) is 13.4. The second kappa shape index (κ2) is 4.90. The Kier molecular flexibility index (Phi) is 3.64. The number of hydrogen-bond acceptors (Lipinski definition) is 3. The van der Waals surface area contributed by atoms with Crippen molar-refractivity contribution in [2.24, 2.45) is 0 Å². The van der Waals surface area contributed by atoms with E-state index in [-0.39, 0.29) is 6.10 Å². The lowest BCUT2D eigenvalue weighted by atomic mass is 9.72. The molecule has 1 aromatic carbocycles. The normalized spacial score (nSPS) is 28.0. The lowest BCUT2D eigenvalue weighted by molar-refractivity contribution is -0.150. The number of carbonyl (C=O) groups is 1. The molecule has 2 rings (SSSR count). The molecular weight excluding hydrogens is 298 g/mol. The number of ether oxygens (including phenoxy) is 1. The van der Waals surface area contributed by atoms with Crippen molar-refractivity contribution in [3.63, 3.8) is 0 Å². The van der Waals surface area contributed by atoms with Crippen LogP contribution in [0.3, 0.4) is 0 Å². The van der Waals surface area contributed by atoms with Gasteiger partial charge < -0.3 is 15.6 Å². The average molecular weight is 314 g/mol. The molecule has 4 nitrogen and oxygen atoms in total. The Labute approximate surface area is 114 Å². The molecular formula is C13H16BrNO3. The maximum Gasteiger partial charge on any atom is 0.314 e. The summed E-state index contributed by atoms with van der Waals surface area (Å²) >= 11 is 3.35. The van der Waals surface area contributed by atoms with Gasteiger partial charge in [0.1, 0.15) is 0 Å². The number of rotatable bonds is 2. The average Bonchev–Trinajstić information content (AvgIpc) is 2.32. The van der Waals surface area contributed by atoms with E-state index < -0.39 is 11.4 Å². The molecule has 0 bridgehead atoms. The molecule has 0 spiro atoms. The van der Waals surface area contributed by atoms with Crippen LogP contribution in [0.5, 0.6) is 0 Å². The van der Waals surface area contributed by atoms with Gasteiger partial charge >= 0.3 is 5.97 Å². The molecule has 1 aliphatic heterocycles. The van der Waals surface area contributed by atoms with Crippen molar-refractivity contribution in [2.45, 2.75) is 31.3 Å². The number of nitrogen functional groups attached to an aromatic ring is 1. The van der Waals surface area contributed by atoms with Crippen molar-refractivity contribution >= 4 is 27.6 Å². The van der Waals surface area contributed by atoms with Crippen molar-refractivity contribution in [3.05, 3.63) is 28.2 Å². The van der Waals surface area contributed by atoms with Gasteiger partial charge in [0.05, 0.1) is 17.2 Å². The first-order chi connectivity index (χ1) is 8.47. The predicted molar refractivity (Wildman–Crippen MR) is 72.5 cm³/mol. The minimum atomic E-state index is -0.939. The fourth-order valence-electron chi connectivity index (χ4n) is 2.59. The summed E-state index contributed by atoms with van der Waals surface area (Å²) in [5.74, 6) is -0.831. The van der Waals surface area contributed by atoms with Gasteiger partial charge in [0, 0.05) is 11.1 Å². The third-order valence-electron chi connectivity index (χ3n) is 3.54. The van der Waals surface area contributed by atoms with Crippen LogP contribution in [0.25, 0.3) is 0 Å². The molecule has 1 saturated heterocycles. The molecule has 0 amide bonds. The minimum absolute atomic E-state index is 0.0757. The molecule has 1 heterocycles. The predicted octanol–water partition coefficient (Wildman–Crippen LogP) is 2.55. The van der Waals surface area contributed by atoms with E-state index in [1.165, 1.54) is 0 Å². The number of carboxylic acids is 1. The number of anilines is 1. The van der Waals surface area contributed by atoms with Crippen LogP contribution in [0.4, 0.5) is 5.69 Å². The Morgan fingerprint density at radius 1 is 1.61 bits per heavy atom. The van der Waals surface area contributed by atoms with E-state index in [0.717, 1.165) is 4.47 Å². The molecule has 5 heteroatoms. The molecule has 0 aromatic heterocycles. The summed E-state index contributed by atoms with van der Waals surface area (Å²) in [6.45, 7) is 2.34. The Morgan fingerprint density at radius 2 is 2.33 bits per heavy atom. The largest absolute Gasteiger partial charge is 0.481 e. The second-order valence-corrected chi connectivity index (χ2v) is 5.58. The number of benzene rings is 1. The van der Waals surface area contributed by atoms with Gasteiger partial charge in [0.2, 0.25) is 0 Å². The van der Waals surface area contributed by atoms with Crippen LogP contribution in [0.15, 0.2) is 22.7 Å². The van der Waals surface area contributed by atoms with E-state index in [4.69, 9.17) is 10.5 Å². The summed E-state index contributed by atoms with van der Waals surface area (Å²) in [6, 6.07) is 5.43. The minimum Gasteiger partial charge on any atom is -0.481 e. The zero-order valence-electron chi connectivity index (χ0n) is 10.1. The first-order valence-electron chi connectivity index (χ1n) is 5.87. The zero-order valence-corrected chi connectivity index (χ0v) is 11.7. The fraction of sp³-hybridized carbons (Fsp3) is 0.462. The van der Waals surface area contributed by atoms with Crippen LogP contribution in [-0.4, -0.2) is 23.8 Å². The standard InChI is InChI=1S/C13H16BrNO3/c1-8-7-13(12(16)17,5-6-18-8)9-3-2-4-10(14)11(9)15/h2-4,8H,5-7,15H2,1H3,(H,16,17). The number of hydrogen-bond donors (Lipinski definition) is 2. The molecule has 98 valence electrons. The number of carboxylic acid groups (broad SMARTS) is 1. The molecule has 3 N–H and O–H groups in total. The molecule has 0 saturated carbocycles. The highest BCUT2D eigenvalue weighted by Crippen LogP contribution is 2.42. The Morgan fingerprint density at radius 3 is 2.94 bits per heavy atom. The van der Waals surface area contributed by atoms with Crippen LogP contribution < -0.4 is 5.73 Å². The van der Waals surface area contributed by atoms with Gasteiger partial charge in [-0.1, -0.05) is 12.1 Å². The fourth-order valence-corrected chi connectivity index (χ4v) is 2.96. The third-order valence-corrected chi connectivity index (χ3v) is 4.24. The Bertz CT molecular complexity index is 477. The molecule has 2 atom stereocenters. The first-order valence-corrected chi connectivity index (χ1v) is 6.66. The van der Waals surface area contributed by atoms with Crippen molar-refractivity contribution in [1.29, 1.82) is 0 Å². The summed E-state index contributed by atoms with van der Waals surface area (Å²) in [4.78, 5) is 11.8. The van der Waals surface area contributed by atoms with Crippen LogP contribution in [-0.2, 0) is 14.9 Å². The van der Waals surface area contributed by atoms with Crippen LogP contribution in [0.2, 0.25) is 0 Å². The summed E-state index contributed by atoms with van der Waals surface area (Å²) in [5.41, 5.74) is 6.28. The van der Waals surface area contributed by atoms with Gasteiger partial charge in [-0.15, -0.1) is 0 Å². The summed E-state index contributed by atoms with van der Waals surface area (Å²) in [7, 11) is 0. The van der Waals surface area contributed by atoms with Gasteiger partial charge in [-0.05, 0) is 47.3 Å². The lowest BCUT2D eigenvalue weighted by Gasteiger charge is -2.37. The van der Waals surface area contributed by atoms with Gasteiger partial charge in [-0.2, -0.15) is 0 Å². The SMILES string of the molecule is CC1CC(C(=O)O)(c2cccc(Br)c2N)CCO1. The highest BCUT2D eigenvalue weighted by Gasteiger charge is 2.45. The van der Waals surface area contributed by atoms with Crippen molar-refractivity contribution in [2.75, 3.05) is 12.3 Å². The van der Waals surface area contributed by atoms with Crippen LogP contribution >= 0.6 is 15.9 Å². The number of nitrogens with two attached hydrogens (primary N) is 1. The van der Waals surface area contributed by atoms with Gasteiger partial charge in [0.25, 0.3) is 0 Å². The van der Waals surface area contributed by atoms with Crippen molar-refractivity contribution in [3.8, 4) is 0 Å². The number of halogens is 1.